The number of anilines is 1. The Kier molecular flexibility index (Phi) is 4.40. The molecule has 110 valence electrons. The van der Waals surface area contributed by atoms with Crippen molar-refractivity contribution >= 4 is 34.1 Å². The van der Waals surface area contributed by atoms with Gasteiger partial charge in [0.05, 0.1) is 5.69 Å². The summed E-state index contributed by atoms with van der Waals surface area (Å²) < 4.78 is 5.80. The lowest BCUT2D eigenvalue weighted by atomic mass is 10.2. The number of amides is 1. The predicted octanol–water partition coefficient (Wildman–Crippen LogP) is 2.98. The molecule has 0 bridgehead atoms. The number of aryl methyl sites for hydroxylation is 1. The third-order valence-electron chi connectivity index (χ3n) is 3.01. The summed E-state index contributed by atoms with van der Waals surface area (Å²) in [6.45, 7) is 1.89. The predicted molar refractivity (Wildman–Crippen MR) is 85.4 cm³/mol. The molecule has 0 aromatic carbocycles. The maximum atomic E-state index is 12.2. The number of thiazole rings is 1. The van der Waals surface area contributed by atoms with Gasteiger partial charge in [0, 0.05) is 29.0 Å². The lowest BCUT2D eigenvalue weighted by molar-refractivity contribution is 0.102. The van der Waals surface area contributed by atoms with Crippen molar-refractivity contribution in [2.45, 2.75) is 19.4 Å². The van der Waals surface area contributed by atoms with Crippen molar-refractivity contribution in [1.29, 1.82) is 0 Å². The van der Waals surface area contributed by atoms with E-state index in [1.165, 1.54) is 11.3 Å². The second-order valence-corrected chi connectivity index (χ2v) is 6.74. The quantitative estimate of drug-likeness (QED) is 0.938. The molecule has 0 aliphatic carbocycles. The molecule has 1 atom stereocenters. The molecule has 5 nitrogen and oxygen atoms in total. The van der Waals surface area contributed by atoms with Crippen molar-refractivity contribution in [2.24, 2.45) is 0 Å². The van der Waals surface area contributed by atoms with Crippen LogP contribution in [0.3, 0.4) is 0 Å². The summed E-state index contributed by atoms with van der Waals surface area (Å²) in [5, 5.41) is 5.28. The SMILES string of the molecule is Cc1csc(NC(=O)c2ccnc(OC3CCSC3)c2)n1. The van der Waals surface area contributed by atoms with E-state index < -0.39 is 0 Å². The molecule has 0 spiro atoms. The summed E-state index contributed by atoms with van der Waals surface area (Å²) in [7, 11) is 0. The number of carbonyl (C=O) groups excluding carboxylic acids is 1. The Labute approximate surface area is 131 Å². The average Bonchev–Trinajstić information content (AvgIpc) is 3.11. The van der Waals surface area contributed by atoms with Crippen LogP contribution < -0.4 is 10.1 Å². The highest BCUT2D eigenvalue weighted by Crippen LogP contribution is 2.23. The smallest absolute Gasteiger partial charge is 0.257 e. The van der Waals surface area contributed by atoms with Gasteiger partial charge in [-0.3, -0.25) is 10.1 Å². The average molecular weight is 321 g/mol. The molecule has 2 aromatic heterocycles. The zero-order valence-electron chi connectivity index (χ0n) is 11.5. The van der Waals surface area contributed by atoms with Crippen LogP contribution in [0.4, 0.5) is 5.13 Å². The van der Waals surface area contributed by atoms with Gasteiger partial charge >= 0.3 is 0 Å². The molecule has 3 heterocycles. The molecule has 1 unspecified atom stereocenters. The fraction of sp³-hybridized carbons (Fsp3) is 0.357. The second-order valence-electron chi connectivity index (χ2n) is 4.73. The minimum Gasteiger partial charge on any atom is -0.473 e. The molecule has 2 aromatic rings. The van der Waals surface area contributed by atoms with Crippen molar-refractivity contribution < 1.29 is 9.53 Å². The first-order valence-corrected chi connectivity index (χ1v) is 8.68. The Hall–Kier alpha value is -1.60. The monoisotopic (exact) mass is 321 g/mol. The number of aromatic nitrogens is 2. The zero-order valence-corrected chi connectivity index (χ0v) is 13.2. The molecule has 1 aliphatic rings. The summed E-state index contributed by atoms with van der Waals surface area (Å²) >= 11 is 3.29. The first-order chi connectivity index (χ1) is 10.2. The lowest BCUT2D eigenvalue weighted by Gasteiger charge is -2.11. The van der Waals surface area contributed by atoms with Gasteiger partial charge in [-0.15, -0.1) is 11.3 Å². The van der Waals surface area contributed by atoms with Gasteiger partial charge in [-0.05, 0) is 25.2 Å². The van der Waals surface area contributed by atoms with Crippen LogP contribution >= 0.6 is 23.1 Å². The summed E-state index contributed by atoms with van der Waals surface area (Å²) in [6, 6.07) is 3.35. The van der Waals surface area contributed by atoms with Gasteiger partial charge in [-0.25, -0.2) is 9.97 Å². The lowest BCUT2D eigenvalue weighted by Crippen LogP contribution is -2.17. The fourth-order valence-corrected chi connectivity index (χ4v) is 3.75. The number of ether oxygens (including phenoxy) is 1. The van der Waals surface area contributed by atoms with Crippen molar-refractivity contribution in [3.8, 4) is 5.88 Å². The molecule has 21 heavy (non-hydrogen) atoms. The van der Waals surface area contributed by atoms with E-state index in [2.05, 4.69) is 15.3 Å². The van der Waals surface area contributed by atoms with Gasteiger partial charge in [-0.1, -0.05) is 0 Å². The number of carbonyl (C=O) groups is 1. The van der Waals surface area contributed by atoms with Gasteiger partial charge in [0.2, 0.25) is 5.88 Å². The number of nitrogens with zero attached hydrogens (tertiary/aromatic N) is 2. The molecule has 1 aliphatic heterocycles. The highest BCUT2D eigenvalue weighted by atomic mass is 32.2. The van der Waals surface area contributed by atoms with Gasteiger partial charge in [-0.2, -0.15) is 11.8 Å². The third-order valence-corrected chi connectivity index (χ3v) is 5.02. The molecule has 1 N–H and O–H groups in total. The number of hydrogen-bond acceptors (Lipinski definition) is 6. The van der Waals surface area contributed by atoms with Gasteiger partial charge in [0.25, 0.3) is 5.91 Å². The van der Waals surface area contributed by atoms with Crippen LogP contribution in [0.15, 0.2) is 23.7 Å². The summed E-state index contributed by atoms with van der Waals surface area (Å²) in [6.07, 6.45) is 2.82. The topological polar surface area (TPSA) is 64.1 Å². The van der Waals surface area contributed by atoms with Crippen molar-refractivity contribution in [1.82, 2.24) is 9.97 Å². The normalized spacial score (nSPS) is 17.7. The van der Waals surface area contributed by atoms with E-state index in [9.17, 15) is 4.79 Å². The summed E-state index contributed by atoms with van der Waals surface area (Å²) in [5.74, 6) is 2.41. The fourth-order valence-electron chi connectivity index (χ4n) is 1.97. The van der Waals surface area contributed by atoms with Crippen molar-refractivity contribution in [3.05, 3.63) is 35.0 Å². The Morgan fingerprint density at radius 2 is 2.43 bits per heavy atom. The highest BCUT2D eigenvalue weighted by molar-refractivity contribution is 7.99. The summed E-state index contributed by atoms with van der Waals surface area (Å²) in [4.78, 5) is 20.6. The molecule has 7 heteroatoms. The Balaban J connectivity index is 1.68. The molecule has 1 amide bonds. The zero-order chi connectivity index (χ0) is 14.7. The number of thioether (sulfide) groups is 1. The molecule has 1 fully saturated rings. The van der Waals surface area contributed by atoms with Crippen LogP contribution in [0.2, 0.25) is 0 Å². The van der Waals surface area contributed by atoms with Crippen molar-refractivity contribution in [2.75, 3.05) is 16.8 Å². The van der Waals surface area contributed by atoms with Gasteiger partial charge < -0.3 is 4.74 Å². The molecular weight excluding hydrogens is 306 g/mol. The van der Waals surface area contributed by atoms with Gasteiger partial charge in [0.1, 0.15) is 6.10 Å². The standard InChI is InChI=1S/C14H15N3O2S2/c1-9-7-21-14(16-9)17-13(18)10-2-4-15-12(6-10)19-11-3-5-20-8-11/h2,4,6-7,11H,3,5,8H2,1H3,(H,16,17,18). The van der Waals surface area contributed by atoms with E-state index in [4.69, 9.17) is 4.74 Å². The molecule has 1 saturated heterocycles. The van der Waals surface area contributed by atoms with E-state index in [-0.39, 0.29) is 12.0 Å². The molecule has 0 saturated carbocycles. The molecule has 3 rings (SSSR count). The van der Waals surface area contributed by atoms with Crippen LogP contribution in [-0.2, 0) is 0 Å². The number of pyridine rings is 1. The largest absolute Gasteiger partial charge is 0.473 e. The maximum Gasteiger partial charge on any atom is 0.257 e. The Morgan fingerprint density at radius 1 is 1.52 bits per heavy atom. The Morgan fingerprint density at radius 3 is 3.14 bits per heavy atom. The summed E-state index contributed by atoms with van der Waals surface area (Å²) in [5.41, 5.74) is 1.42. The van der Waals surface area contributed by atoms with E-state index in [1.807, 2.05) is 24.1 Å². The molecule has 0 radical (unpaired) electrons. The number of rotatable bonds is 4. The molecular formula is C14H15N3O2S2. The van der Waals surface area contributed by atoms with Crippen molar-refractivity contribution in [3.63, 3.8) is 0 Å². The van der Waals surface area contributed by atoms with E-state index in [0.29, 0.717) is 16.6 Å². The minimum absolute atomic E-state index is 0.197. The second kappa shape index (κ2) is 6.44. The van der Waals surface area contributed by atoms with Gasteiger partial charge in [0.15, 0.2) is 5.13 Å². The van der Waals surface area contributed by atoms with E-state index in [1.54, 1.807) is 18.3 Å². The highest BCUT2D eigenvalue weighted by Gasteiger charge is 2.18. The van der Waals surface area contributed by atoms with Crippen LogP contribution in [0.25, 0.3) is 0 Å². The van der Waals surface area contributed by atoms with Crippen LogP contribution in [0.5, 0.6) is 5.88 Å². The van der Waals surface area contributed by atoms with Crippen LogP contribution in [-0.4, -0.2) is 33.5 Å². The Bertz CT molecular complexity index is 639. The minimum atomic E-state index is -0.197. The number of nitrogens with one attached hydrogen (secondary N) is 1. The first kappa shape index (κ1) is 14.3. The van der Waals surface area contributed by atoms with Crippen LogP contribution in [0.1, 0.15) is 22.5 Å². The van der Waals surface area contributed by atoms with E-state index in [0.717, 1.165) is 23.6 Å². The van der Waals surface area contributed by atoms with Crippen LogP contribution in [0, 0.1) is 6.92 Å². The number of hydrogen-bond donors (Lipinski definition) is 1. The first-order valence-electron chi connectivity index (χ1n) is 6.64. The maximum absolute atomic E-state index is 12.2. The third kappa shape index (κ3) is 3.74. The van der Waals surface area contributed by atoms with E-state index >= 15 is 0 Å².